The van der Waals surface area contributed by atoms with E-state index in [4.69, 9.17) is 32.7 Å². The molecular formula is C22H16Cl2O4. The average molecular weight is 415 g/mol. The van der Waals surface area contributed by atoms with Crippen molar-refractivity contribution in [2.24, 2.45) is 0 Å². The molecule has 0 saturated heterocycles. The first-order valence-corrected chi connectivity index (χ1v) is 9.21. The molecule has 0 radical (unpaired) electrons. The lowest BCUT2D eigenvalue weighted by Gasteiger charge is -2.15. The van der Waals surface area contributed by atoms with Gasteiger partial charge in [-0.05, 0) is 46.5 Å². The molecule has 0 N–H and O–H groups in total. The van der Waals surface area contributed by atoms with E-state index in [2.05, 4.69) is 0 Å². The largest absolute Gasteiger partial charge is 0.488 e. The molecule has 4 nitrogen and oxygen atoms in total. The van der Waals surface area contributed by atoms with Crippen LogP contribution in [0.2, 0.25) is 0 Å². The molecule has 3 aromatic rings. The van der Waals surface area contributed by atoms with E-state index in [1.807, 2.05) is 60.7 Å². The number of carbonyl (C=O) groups excluding carboxylic acids is 2. The van der Waals surface area contributed by atoms with Gasteiger partial charge in [-0.1, -0.05) is 60.7 Å². The number of ether oxygens (including phenoxy) is 2. The van der Waals surface area contributed by atoms with Crippen LogP contribution in [0.15, 0.2) is 72.8 Å². The van der Waals surface area contributed by atoms with Crippen LogP contribution in [0.3, 0.4) is 0 Å². The zero-order valence-corrected chi connectivity index (χ0v) is 16.2. The summed E-state index contributed by atoms with van der Waals surface area (Å²) in [5.41, 5.74) is 2.00. The Bertz CT molecular complexity index is 891. The molecule has 0 spiro atoms. The lowest BCUT2D eigenvalue weighted by atomic mass is 10.1. The van der Waals surface area contributed by atoms with Gasteiger partial charge in [0.25, 0.3) is 10.5 Å². The second kappa shape index (κ2) is 9.40. The molecule has 0 heterocycles. The van der Waals surface area contributed by atoms with Crippen LogP contribution in [0, 0.1) is 0 Å². The summed E-state index contributed by atoms with van der Waals surface area (Å²) in [6.07, 6.45) is 0. The van der Waals surface area contributed by atoms with Crippen LogP contribution in [0.4, 0.5) is 0 Å². The molecule has 0 unspecified atom stereocenters. The molecule has 28 heavy (non-hydrogen) atoms. The van der Waals surface area contributed by atoms with Crippen molar-refractivity contribution in [1.82, 2.24) is 0 Å². The maximum Gasteiger partial charge on any atom is 0.256 e. The van der Waals surface area contributed by atoms with Gasteiger partial charge < -0.3 is 9.47 Å². The number of halogens is 2. The first kappa shape index (κ1) is 19.9. The molecule has 0 aliphatic rings. The highest BCUT2D eigenvalue weighted by Gasteiger charge is 2.20. The van der Waals surface area contributed by atoms with Crippen LogP contribution in [0.1, 0.15) is 31.8 Å². The van der Waals surface area contributed by atoms with Crippen molar-refractivity contribution in [3.63, 3.8) is 0 Å². The standard InChI is InChI=1S/C22H16Cl2O4/c23-21(25)17-12-20(28-14-16-9-5-2-6-10-16)18(22(24)26)11-19(17)27-13-15-7-3-1-4-8-15/h1-12H,13-14H2. The zero-order valence-electron chi connectivity index (χ0n) is 14.7. The predicted octanol–water partition coefficient (Wildman–Crippen LogP) is 5.60. The Morgan fingerprint density at radius 2 is 1.00 bits per heavy atom. The van der Waals surface area contributed by atoms with Crippen LogP contribution in [-0.2, 0) is 13.2 Å². The fourth-order valence-electron chi connectivity index (χ4n) is 2.58. The summed E-state index contributed by atoms with van der Waals surface area (Å²) >= 11 is 11.4. The van der Waals surface area contributed by atoms with Crippen molar-refractivity contribution >= 4 is 33.7 Å². The van der Waals surface area contributed by atoms with Gasteiger partial charge in [-0.2, -0.15) is 0 Å². The number of hydrogen-bond donors (Lipinski definition) is 0. The molecule has 142 valence electrons. The van der Waals surface area contributed by atoms with Crippen molar-refractivity contribution in [2.75, 3.05) is 0 Å². The van der Waals surface area contributed by atoms with E-state index in [1.165, 1.54) is 12.1 Å². The predicted molar refractivity (Wildman–Crippen MR) is 108 cm³/mol. The second-order valence-corrected chi connectivity index (χ2v) is 6.63. The van der Waals surface area contributed by atoms with Gasteiger partial charge in [0.1, 0.15) is 24.7 Å². The van der Waals surface area contributed by atoms with Crippen molar-refractivity contribution in [3.05, 3.63) is 95.1 Å². The Kier molecular flexibility index (Phi) is 6.69. The van der Waals surface area contributed by atoms with Crippen molar-refractivity contribution < 1.29 is 19.1 Å². The highest BCUT2D eigenvalue weighted by atomic mass is 35.5. The summed E-state index contributed by atoms with van der Waals surface area (Å²) in [7, 11) is 0. The molecule has 0 amide bonds. The zero-order chi connectivity index (χ0) is 19.9. The normalized spacial score (nSPS) is 10.4. The smallest absolute Gasteiger partial charge is 0.256 e. The topological polar surface area (TPSA) is 52.6 Å². The average Bonchev–Trinajstić information content (AvgIpc) is 2.71. The minimum absolute atomic E-state index is 0.0994. The molecule has 0 aliphatic carbocycles. The molecule has 0 bridgehead atoms. The summed E-state index contributed by atoms with van der Waals surface area (Å²) in [6, 6.07) is 21.6. The van der Waals surface area contributed by atoms with Gasteiger partial charge >= 0.3 is 0 Å². The lowest BCUT2D eigenvalue weighted by Crippen LogP contribution is -2.06. The van der Waals surface area contributed by atoms with Gasteiger partial charge in [-0.15, -0.1) is 0 Å². The van der Waals surface area contributed by atoms with Crippen LogP contribution in [-0.4, -0.2) is 10.5 Å². The van der Waals surface area contributed by atoms with Crippen molar-refractivity contribution in [1.29, 1.82) is 0 Å². The minimum Gasteiger partial charge on any atom is -0.488 e. The van der Waals surface area contributed by atoms with Crippen LogP contribution < -0.4 is 9.47 Å². The lowest BCUT2D eigenvalue weighted by molar-refractivity contribution is 0.106. The summed E-state index contributed by atoms with van der Waals surface area (Å²) in [5.74, 6) is 0.333. The van der Waals surface area contributed by atoms with E-state index in [0.29, 0.717) is 0 Å². The van der Waals surface area contributed by atoms with Crippen LogP contribution in [0.25, 0.3) is 0 Å². The van der Waals surface area contributed by atoms with Gasteiger partial charge in [-0.3, -0.25) is 9.59 Å². The minimum atomic E-state index is -0.721. The van der Waals surface area contributed by atoms with E-state index < -0.39 is 10.5 Å². The van der Waals surface area contributed by atoms with E-state index in [-0.39, 0.29) is 35.8 Å². The van der Waals surface area contributed by atoms with Crippen molar-refractivity contribution in [2.45, 2.75) is 13.2 Å². The Balaban J connectivity index is 1.88. The Morgan fingerprint density at radius 1 is 0.643 bits per heavy atom. The molecule has 0 aliphatic heterocycles. The molecule has 0 aromatic heterocycles. The Hall–Kier alpha value is -2.82. The quantitative estimate of drug-likeness (QED) is 0.450. The number of carbonyl (C=O) groups is 2. The molecule has 0 atom stereocenters. The van der Waals surface area contributed by atoms with E-state index >= 15 is 0 Å². The van der Waals surface area contributed by atoms with Gasteiger partial charge in [0.15, 0.2) is 0 Å². The Morgan fingerprint density at radius 3 is 1.32 bits per heavy atom. The summed E-state index contributed by atoms with van der Waals surface area (Å²) in [4.78, 5) is 23.8. The monoisotopic (exact) mass is 414 g/mol. The van der Waals surface area contributed by atoms with E-state index in [0.717, 1.165) is 11.1 Å². The summed E-state index contributed by atoms with van der Waals surface area (Å²) < 4.78 is 11.4. The third-order valence-electron chi connectivity index (χ3n) is 3.98. The Labute approximate surface area is 172 Å². The number of rotatable bonds is 8. The van der Waals surface area contributed by atoms with Gasteiger partial charge in [-0.25, -0.2) is 0 Å². The van der Waals surface area contributed by atoms with Crippen LogP contribution in [0.5, 0.6) is 11.5 Å². The van der Waals surface area contributed by atoms with Crippen LogP contribution >= 0.6 is 23.2 Å². The summed E-state index contributed by atoms with van der Waals surface area (Å²) in [6.45, 7) is 0.413. The fraction of sp³-hybridized carbons (Fsp3) is 0.0909. The van der Waals surface area contributed by atoms with Gasteiger partial charge in [0.05, 0.1) is 11.1 Å². The molecular weight excluding hydrogens is 399 g/mol. The summed E-state index contributed by atoms with van der Waals surface area (Å²) in [5, 5.41) is -1.44. The highest BCUT2D eigenvalue weighted by molar-refractivity contribution is 6.69. The van der Waals surface area contributed by atoms with Gasteiger partial charge in [0.2, 0.25) is 0 Å². The third-order valence-corrected chi connectivity index (χ3v) is 4.39. The number of benzene rings is 3. The SMILES string of the molecule is O=C(Cl)c1cc(OCc2ccccc2)c(C(=O)Cl)cc1OCc1ccccc1. The maximum atomic E-state index is 11.9. The molecule has 3 aromatic carbocycles. The van der Waals surface area contributed by atoms with Gasteiger partial charge in [0, 0.05) is 0 Å². The first-order valence-electron chi connectivity index (χ1n) is 8.45. The number of hydrogen-bond acceptors (Lipinski definition) is 4. The first-order chi connectivity index (χ1) is 13.5. The molecule has 3 rings (SSSR count). The molecule has 6 heteroatoms. The maximum absolute atomic E-state index is 11.9. The fourth-order valence-corrected chi connectivity index (χ4v) is 2.87. The van der Waals surface area contributed by atoms with Crippen molar-refractivity contribution in [3.8, 4) is 11.5 Å². The second-order valence-electron chi connectivity index (χ2n) is 5.94. The highest BCUT2D eigenvalue weighted by Crippen LogP contribution is 2.32. The molecule has 0 fully saturated rings. The third kappa shape index (κ3) is 5.12. The van der Waals surface area contributed by atoms with E-state index in [9.17, 15) is 9.59 Å². The molecule has 0 saturated carbocycles. The van der Waals surface area contributed by atoms with E-state index in [1.54, 1.807) is 0 Å².